The minimum atomic E-state index is -1.53. The molecule has 3 atom stereocenters. The number of rotatable bonds is 2. The molecular formula is C32H32N4O4. The van der Waals surface area contributed by atoms with Crippen molar-refractivity contribution in [2.45, 2.75) is 63.8 Å². The number of nitrogens with one attached hydrogen (secondary N) is 2. The Hall–Kier alpha value is -4.30. The Morgan fingerprint density at radius 2 is 1.95 bits per heavy atom. The van der Waals surface area contributed by atoms with Crippen LogP contribution in [-0.2, 0) is 27.0 Å². The maximum atomic E-state index is 14.3. The van der Waals surface area contributed by atoms with Gasteiger partial charge in [-0.15, -0.1) is 0 Å². The fraction of sp³-hybridized carbons (Fsp3) is 0.312. The van der Waals surface area contributed by atoms with Crippen LogP contribution in [0.5, 0.6) is 5.75 Å². The number of carbonyl (C=O) groups is 2. The van der Waals surface area contributed by atoms with Crippen LogP contribution >= 0.6 is 0 Å². The molecule has 4 aliphatic rings. The number of H-pyrrole nitrogens is 1. The number of amides is 2. The van der Waals surface area contributed by atoms with Crippen molar-refractivity contribution in [2.75, 3.05) is 5.32 Å². The third kappa shape index (κ3) is 3.29. The second kappa shape index (κ2) is 8.11. The zero-order valence-electron chi connectivity index (χ0n) is 22.9. The van der Waals surface area contributed by atoms with Gasteiger partial charge < -0.3 is 25.4 Å². The summed E-state index contributed by atoms with van der Waals surface area (Å²) >= 11 is 0. The minimum Gasteiger partial charge on any atom is -0.508 e. The second-order valence-electron chi connectivity index (χ2n) is 12.2. The number of para-hydroxylation sites is 1. The molecule has 0 spiro atoms. The molecule has 4 N–H and O–H groups in total. The van der Waals surface area contributed by atoms with Gasteiger partial charge in [0.1, 0.15) is 29.3 Å². The van der Waals surface area contributed by atoms with E-state index in [1.54, 1.807) is 24.4 Å². The summed E-state index contributed by atoms with van der Waals surface area (Å²) in [4.78, 5) is 34.8. The summed E-state index contributed by atoms with van der Waals surface area (Å²) < 4.78 is 0. The molecule has 2 amide bonds. The molecule has 2 saturated heterocycles. The number of hydrogen-bond donors (Lipinski definition) is 4. The van der Waals surface area contributed by atoms with Gasteiger partial charge in [0.25, 0.3) is 11.8 Å². The van der Waals surface area contributed by atoms with Crippen molar-refractivity contribution in [1.29, 1.82) is 0 Å². The zero-order valence-corrected chi connectivity index (χ0v) is 22.9. The van der Waals surface area contributed by atoms with E-state index in [9.17, 15) is 19.8 Å². The Morgan fingerprint density at radius 3 is 2.73 bits per heavy atom. The summed E-state index contributed by atoms with van der Waals surface area (Å²) in [6.07, 6.45) is 7.26. The van der Waals surface area contributed by atoms with Gasteiger partial charge in [-0.3, -0.25) is 14.5 Å². The number of benzene rings is 2. The number of aliphatic hydroxyl groups is 1. The van der Waals surface area contributed by atoms with E-state index < -0.39 is 23.2 Å². The summed E-state index contributed by atoms with van der Waals surface area (Å²) in [5.74, 6) is -0.557. The van der Waals surface area contributed by atoms with Gasteiger partial charge in [-0.05, 0) is 50.1 Å². The average Bonchev–Trinajstić information content (AvgIpc) is 3.51. The minimum absolute atomic E-state index is 0.0348. The number of carbonyl (C=O) groups excluding carboxylic acids is 2. The first-order valence-corrected chi connectivity index (χ1v) is 13.7. The number of piperazine rings is 1. The number of allylic oxidation sites excluding steroid dienone is 3. The Balaban J connectivity index is 1.36. The average molecular weight is 537 g/mol. The number of hydrogen-bond acceptors (Lipinski definition) is 5. The number of anilines is 1. The number of phenols is 1. The van der Waals surface area contributed by atoms with Gasteiger partial charge in [-0.2, -0.15) is 0 Å². The predicted molar refractivity (Wildman–Crippen MR) is 153 cm³/mol. The fourth-order valence-electron chi connectivity index (χ4n) is 6.74. The van der Waals surface area contributed by atoms with Crippen LogP contribution in [-0.4, -0.2) is 49.0 Å². The lowest BCUT2D eigenvalue weighted by Gasteiger charge is -2.40. The molecule has 0 unspecified atom stereocenters. The van der Waals surface area contributed by atoms with Crippen LogP contribution in [0.1, 0.15) is 56.5 Å². The summed E-state index contributed by atoms with van der Waals surface area (Å²) in [7, 11) is 0. The molecule has 7 rings (SSSR count). The first-order valence-electron chi connectivity index (χ1n) is 13.7. The van der Waals surface area contributed by atoms with Crippen molar-refractivity contribution >= 4 is 34.5 Å². The largest absolute Gasteiger partial charge is 0.508 e. The van der Waals surface area contributed by atoms with Gasteiger partial charge in [-0.25, -0.2) is 0 Å². The predicted octanol–water partition coefficient (Wildman–Crippen LogP) is 4.61. The van der Waals surface area contributed by atoms with E-state index in [-0.39, 0.29) is 29.7 Å². The second-order valence-corrected chi connectivity index (χ2v) is 12.2. The molecule has 2 fully saturated rings. The molecule has 8 nitrogen and oxygen atoms in total. The summed E-state index contributed by atoms with van der Waals surface area (Å²) in [5.41, 5.74) is 4.26. The van der Waals surface area contributed by atoms with Crippen LogP contribution in [0.2, 0.25) is 0 Å². The van der Waals surface area contributed by atoms with Gasteiger partial charge in [-0.1, -0.05) is 49.8 Å². The molecule has 8 heteroatoms. The molecule has 3 aromatic rings. The number of phenolic OH excluding ortho intramolecular Hbond substituents is 1. The SMILES string of the molecule is CC(C)=CCc1cc(O)cc2c1N[C@H]1N3C(=O)C4=Cc5c([nH]c6ccccc56)C(C)(C)/C=C\N4C(=O)[C@H]3C[C@@]21O. The van der Waals surface area contributed by atoms with Gasteiger partial charge >= 0.3 is 0 Å². The Labute approximate surface area is 232 Å². The number of nitrogens with zero attached hydrogens (tertiary/aromatic N) is 2. The summed E-state index contributed by atoms with van der Waals surface area (Å²) in [6, 6.07) is 10.3. The molecule has 204 valence electrons. The van der Waals surface area contributed by atoms with Crippen LogP contribution < -0.4 is 5.32 Å². The highest BCUT2D eigenvalue weighted by Gasteiger charge is 2.63. The maximum absolute atomic E-state index is 14.3. The van der Waals surface area contributed by atoms with Crippen molar-refractivity contribution < 1.29 is 19.8 Å². The molecule has 2 aromatic carbocycles. The van der Waals surface area contributed by atoms with Crippen molar-refractivity contribution in [1.82, 2.24) is 14.8 Å². The highest BCUT2D eigenvalue weighted by molar-refractivity contribution is 6.10. The fourth-order valence-corrected chi connectivity index (χ4v) is 6.74. The Kier molecular flexibility index (Phi) is 5.01. The Morgan fingerprint density at radius 1 is 1.18 bits per heavy atom. The molecule has 0 bridgehead atoms. The lowest BCUT2D eigenvalue weighted by atomic mass is 9.85. The van der Waals surface area contributed by atoms with E-state index >= 15 is 0 Å². The third-order valence-corrected chi connectivity index (χ3v) is 8.80. The van der Waals surface area contributed by atoms with E-state index in [0.717, 1.165) is 33.3 Å². The van der Waals surface area contributed by atoms with Crippen molar-refractivity contribution in [3.63, 3.8) is 0 Å². The number of aromatic hydroxyl groups is 1. The Bertz CT molecular complexity index is 1720. The molecule has 0 saturated carbocycles. The summed E-state index contributed by atoms with van der Waals surface area (Å²) in [6.45, 7) is 8.15. The zero-order chi connectivity index (χ0) is 28.1. The topological polar surface area (TPSA) is 109 Å². The van der Waals surface area contributed by atoms with Gasteiger partial charge in [0.15, 0.2) is 0 Å². The van der Waals surface area contributed by atoms with Gasteiger partial charge in [0, 0.05) is 51.4 Å². The molecule has 40 heavy (non-hydrogen) atoms. The van der Waals surface area contributed by atoms with Crippen molar-refractivity contribution in [3.8, 4) is 5.75 Å². The van der Waals surface area contributed by atoms with E-state index in [1.165, 1.54) is 9.80 Å². The van der Waals surface area contributed by atoms with Crippen LogP contribution in [0.3, 0.4) is 0 Å². The van der Waals surface area contributed by atoms with E-state index in [1.807, 2.05) is 44.2 Å². The molecule has 4 aliphatic heterocycles. The lowest BCUT2D eigenvalue weighted by Crippen LogP contribution is -2.58. The van der Waals surface area contributed by atoms with E-state index in [4.69, 9.17) is 0 Å². The van der Waals surface area contributed by atoms with Crippen LogP contribution in [0.15, 0.2) is 66.0 Å². The third-order valence-electron chi connectivity index (χ3n) is 8.80. The van der Waals surface area contributed by atoms with E-state index in [0.29, 0.717) is 17.7 Å². The summed E-state index contributed by atoms with van der Waals surface area (Å²) in [5, 5.41) is 27.0. The molecule has 1 aromatic heterocycles. The van der Waals surface area contributed by atoms with Crippen LogP contribution in [0.4, 0.5) is 5.69 Å². The van der Waals surface area contributed by atoms with Gasteiger partial charge in [0.05, 0.1) is 0 Å². The number of fused-ring (bicyclic) bond motifs is 9. The van der Waals surface area contributed by atoms with Crippen molar-refractivity contribution in [2.24, 2.45) is 0 Å². The maximum Gasteiger partial charge on any atom is 0.273 e. The lowest BCUT2D eigenvalue weighted by molar-refractivity contribution is -0.148. The van der Waals surface area contributed by atoms with Gasteiger partial charge in [0.2, 0.25) is 0 Å². The van der Waals surface area contributed by atoms with Crippen molar-refractivity contribution in [3.05, 3.63) is 88.4 Å². The first-order chi connectivity index (χ1) is 19.0. The first kappa shape index (κ1) is 24.7. The molecule has 0 aliphatic carbocycles. The van der Waals surface area contributed by atoms with Crippen LogP contribution in [0.25, 0.3) is 17.0 Å². The quantitative estimate of drug-likeness (QED) is 0.283. The van der Waals surface area contributed by atoms with E-state index in [2.05, 4.69) is 30.2 Å². The number of aromatic amines is 1. The normalized spacial score (nSPS) is 26.6. The monoisotopic (exact) mass is 536 g/mol. The smallest absolute Gasteiger partial charge is 0.273 e. The highest BCUT2D eigenvalue weighted by Crippen LogP contribution is 2.53. The molecule has 5 heterocycles. The molecule has 0 radical (unpaired) electrons. The standard InChI is InChI=1S/C32H32N4O4/c1-17(2)9-10-18-13-19(37)14-22-26(18)34-30-32(22,40)16-25-28(38)35-12-11-31(3,4)27-21(15-24(35)29(39)36(25)30)20-7-5-6-8-23(20)33-27/h5-9,11-15,25,30,33-34,37,40H,10,16H2,1-4H3/b12-11-,24-15?/t25-,30+,32-/m1/s1. The molecular weight excluding hydrogens is 504 g/mol. The highest BCUT2D eigenvalue weighted by atomic mass is 16.3. The number of aromatic nitrogens is 1. The van der Waals surface area contributed by atoms with Crippen LogP contribution in [0, 0.1) is 0 Å².